The van der Waals surface area contributed by atoms with Crippen LogP contribution in [0.4, 0.5) is 0 Å². The van der Waals surface area contributed by atoms with E-state index in [1.165, 1.54) is 0 Å². The van der Waals surface area contributed by atoms with Crippen LogP contribution >= 0.6 is 11.6 Å². The van der Waals surface area contributed by atoms with Gasteiger partial charge in [-0.3, -0.25) is 9.69 Å². The highest BCUT2D eigenvalue weighted by Gasteiger charge is 2.09. The number of aliphatic carboxylic acids is 1. The van der Waals surface area contributed by atoms with Crippen molar-refractivity contribution in [2.24, 2.45) is 0 Å². The highest BCUT2D eigenvalue weighted by Crippen LogP contribution is 2.17. The normalized spacial score (nSPS) is 12.0. The summed E-state index contributed by atoms with van der Waals surface area (Å²) in [6, 6.07) is 7.54. The van der Waals surface area contributed by atoms with E-state index in [1.54, 1.807) is 11.9 Å². The number of hydrogen-bond donors (Lipinski definition) is 1. The molecule has 1 aromatic rings. The van der Waals surface area contributed by atoms with Crippen LogP contribution in [0.15, 0.2) is 30.3 Å². The first kappa shape index (κ1) is 18.5. The lowest BCUT2D eigenvalue weighted by Gasteiger charge is -2.12. The molecule has 0 atom stereocenters. The molecule has 0 unspecified atom stereocenters. The SMILES string of the molecule is CN(CC=C(C#C[Si](C)(C)C)c1ccc(Cl)cc1)CC(=O)O. The van der Waals surface area contributed by atoms with Gasteiger partial charge in [0.15, 0.2) is 0 Å². The molecule has 0 aliphatic heterocycles. The Labute approximate surface area is 138 Å². The van der Waals surface area contributed by atoms with Crippen molar-refractivity contribution < 1.29 is 9.90 Å². The highest BCUT2D eigenvalue weighted by molar-refractivity contribution is 6.84. The zero-order valence-corrected chi connectivity index (χ0v) is 15.2. The Morgan fingerprint density at radius 3 is 2.41 bits per heavy atom. The van der Waals surface area contributed by atoms with E-state index in [-0.39, 0.29) is 6.54 Å². The zero-order valence-electron chi connectivity index (χ0n) is 13.5. The summed E-state index contributed by atoms with van der Waals surface area (Å²) >= 11 is 5.93. The van der Waals surface area contributed by atoms with Crippen LogP contribution in [0.2, 0.25) is 24.7 Å². The predicted molar refractivity (Wildman–Crippen MR) is 95.7 cm³/mol. The Balaban J connectivity index is 3.02. The second-order valence-electron chi connectivity index (χ2n) is 6.22. The Bertz CT molecular complexity index is 606. The molecule has 0 aromatic heterocycles. The molecule has 0 amide bonds. The monoisotopic (exact) mass is 335 g/mol. The van der Waals surface area contributed by atoms with Crippen molar-refractivity contribution in [1.82, 2.24) is 4.90 Å². The number of hydrogen-bond acceptors (Lipinski definition) is 2. The molecule has 0 saturated heterocycles. The van der Waals surface area contributed by atoms with Gasteiger partial charge in [-0.1, -0.05) is 55.4 Å². The molecule has 1 rings (SSSR count). The second-order valence-corrected chi connectivity index (χ2v) is 11.4. The smallest absolute Gasteiger partial charge is 0.317 e. The molecule has 22 heavy (non-hydrogen) atoms. The van der Waals surface area contributed by atoms with Gasteiger partial charge < -0.3 is 5.11 Å². The van der Waals surface area contributed by atoms with Crippen LogP contribution in [0, 0.1) is 11.5 Å². The Hall–Kier alpha value is -1.54. The fourth-order valence-corrected chi connectivity index (χ4v) is 2.30. The fraction of sp³-hybridized carbons (Fsp3) is 0.353. The third-order valence-corrected chi connectivity index (χ3v) is 3.87. The number of carbonyl (C=O) groups is 1. The number of carboxylic acid groups (broad SMARTS) is 1. The summed E-state index contributed by atoms with van der Waals surface area (Å²) < 4.78 is 0. The molecule has 1 aromatic carbocycles. The molecular formula is C17H22ClNO2Si. The topological polar surface area (TPSA) is 40.5 Å². The minimum absolute atomic E-state index is 0.00580. The van der Waals surface area contributed by atoms with Crippen molar-refractivity contribution in [3.8, 4) is 11.5 Å². The Morgan fingerprint density at radius 2 is 1.91 bits per heavy atom. The molecule has 0 saturated carbocycles. The summed E-state index contributed by atoms with van der Waals surface area (Å²) in [5.41, 5.74) is 5.26. The molecule has 118 valence electrons. The van der Waals surface area contributed by atoms with Gasteiger partial charge in [0.25, 0.3) is 0 Å². The van der Waals surface area contributed by atoms with Crippen LogP contribution in [-0.2, 0) is 4.79 Å². The lowest BCUT2D eigenvalue weighted by molar-refractivity contribution is -0.137. The fourth-order valence-electron chi connectivity index (χ4n) is 1.67. The van der Waals surface area contributed by atoms with E-state index in [9.17, 15) is 4.79 Å². The lowest BCUT2D eigenvalue weighted by Crippen LogP contribution is -2.25. The first-order valence-corrected chi connectivity index (χ1v) is 10.9. The van der Waals surface area contributed by atoms with E-state index in [1.807, 2.05) is 30.3 Å². The summed E-state index contributed by atoms with van der Waals surface area (Å²) in [5.74, 6) is 2.42. The molecular weight excluding hydrogens is 314 g/mol. The highest BCUT2D eigenvalue weighted by atomic mass is 35.5. The first-order chi connectivity index (χ1) is 10.2. The maximum atomic E-state index is 10.7. The first-order valence-electron chi connectivity index (χ1n) is 7.07. The number of benzene rings is 1. The van der Waals surface area contributed by atoms with Gasteiger partial charge in [-0.15, -0.1) is 5.54 Å². The van der Waals surface area contributed by atoms with Crippen LogP contribution in [-0.4, -0.2) is 44.2 Å². The third kappa shape index (κ3) is 7.46. The van der Waals surface area contributed by atoms with Crippen LogP contribution in [0.5, 0.6) is 0 Å². The number of carboxylic acids is 1. The standard InChI is InChI=1S/C17H22ClNO2Si/c1-19(13-17(20)21)11-9-15(10-12-22(2,3)4)14-5-7-16(18)8-6-14/h5-9H,11,13H2,1-4H3,(H,20,21). The summed E-state index contributed by atoms with van der Waals surface area (Å²) in [4.78, 5) is 12.5. The van der Waals surface area contributed by atoms with Crippen molar-refractivity contribution in [2.45, 2.75) is 19.6 Å². The van der Waals surface area contributed by atoms with Gasteiger partial charge in [0.1, 0.15) is 8.07 Å². The minimum Gasteiger partial charge on any atom is -0.480 e. The third-order valence-electron chi connectivity index (χ3n) is 2.74. The van der Waals surface area contributed by atoms with Crippen LogP contribution in [0.3, 0.4) is 0 Å². The van der Waals surface area contributed by atoms with E-state index in [0.717, 1.165) is 11.1 Å². The van der Waals surface area contributed by atoms with Crippen LogP contribution < -0.4 is 0 Å². The number of allylic oxidation sites excluding steroid dienone is 1. The van der Waals surface area contributed by atoms with Gasteiger partial charge in [-0.2, -0.15) is 0 Å². The van der Waals surface area contributed by atoms with E-state index >= 15 is 0 Å². The van der Waals surface area contributed by atoms with Crippen molar-refractivity contribution in [1.29, 1.82) is 0 Å². The molecule has 0 heterocycles. The molecule has 0 spiro atoms. The molecule has 3 nitrogen and oxygen atoms in total. The molecule has 5 heteroatoms. The minimum atomic E-state index is -1.48. The summed E-state index contributed by atoms with van der Waals surface area (Å²) in [6.45, 7) is 7.11. The maximum absolute atomic E-state index is 10.7. The lowest BCUT2D eigenvalue weighted by atomic mass is 10.1. The van der Waals surface area contributed by atoms with E-state index in [4.69, 9.17) is 16.7 Å². The van der Waals surface area contributed by atoms with Crippen molar-refractivity contribution in [2.75, 3.05) is 20.1 Å². The van der Waals surface area contributed by atoms with Crippen molar-refractivity contribution in [3.63, 3.8) is 0 Å². The Kier molecular flexibility index (Phi) is 6.88. The Morgan fingerprint density at radius 1 is 1.32 bits per heavy atom. The van der Waals surface area contributed by atoms with Gasteiger partial charge in [0, 0.05) is 17.1 Å². The van der Waals surface area contributed by atoms with Gasteiger partial charge in [0.05, 0.1) is 6.54 Å². The quantitative estimate of drug-likeness (QED) is 0.660. The van der Waals surface area contributed by atoms with Crippen molar-refractivity contribution >= 4 is 31.2 Å². The molecule has 0 bridgehead atoms. The maximum Gasteiger partial charge on any atom is 0.317 e. The van der Waals surface area contributed by atoms with Crippen LogP contribution in [0.25, 0.3) is 5.57 Å². The molecule has 1 N–H and O–H groups in total. The van der Waals surface area contributed by atoms with Gasteiger partial charge in [-0.05, 0) is 24.7 Å². The summed E-state index contributed by atoms with van der Waals surface area (Å²) in [5, 5.41) is 9.49. The van der Waals surface area contributed by atoms with E-state index in [2.05, 4.69) is 31.1 Å². The number of likely N-dealkylation sites (N-methyl/N-ethyl adjacent to an activating group) is 1. The zero-order chi connectivity index (χ0) is 16.8. The number of rotatable bonds is 5. The number of nitrogens with zero attached hydrogens (tertiary/aromatic N) is 1. The molecule has 0 radical (unpaired) electrons. The number of halogens is 1. The van der Waals surface area contributed by atoms with Crippen LogP contribution in [0.1, 0.15) is 5.56 Å². The van der Waals surface area contributed by atoms with Crippen molar-refractivity contribution in [3.05, 3.63) is 40.9 Å². The summed E-state index contributed by atoms with van der Waals surface area (Å²) in [7, 11) is 0.292. The van der Waals surface area contributed by atoms with Gasteiger partial charge in [-0.25, -0.2) is 0 Å². The average Bonchev–Trinajstić information content (AvgIpc) is 2.38. The van der Waals surface area contributed by atoms with Gasteiger partial charge >= 0.3 is 5.97 Å². The molecule has 0 fully saturated rings. The second kappa shape index (κ2) is 8.18. The largest absolute Gasteiger partial charge is 0.480 e. The summed E-state index contributed by atoms with van der Waals surface area (Å²) in [6.07, 6.45) is 1.97. The average molecular weight is 336 g/mol. The van der Waals surface area contributed by atoms with E-state index < -0.39 is 14.0 Å². The van der Waals surface area contributed by atoms with E-state index in [0.29, 0.717) is 11.6 Å². The molecule has 0 aliphatic carbocycles. The molecule has 0 aliphatic rings. The van der Waals surface area contributed by atoms with Gasteiger partial charge in [0.2, 0.25) is 0 Å². The predicted octanol–water partition coefficient (Wildman–Crippen LogP) is 3.62.